The first-order chi connectivity index (χ1) is 12.0. The van der Waals surface area contributed by atoms with Crippen LogP contribution in [0.1, 0.15) is 61.2 Å². The molecule has 0 N–H and O–H groups in total. The van der Waals surface area contributed by atoms with Crippen molar-refractivity contribution in [2.24, 2.45) is 0 Å². The molecule has 130 valence electrons. The zero-order chi connectivity index (χ0) is 17.6. The molecule has 25 heavy (non-hydrogen) atoms. The molecule has 3 heterocycles. The van der Waals surface area contributed by atoms with Crippen molar-refractivity contribution in [1.82, 2.24) is 10.1 Å². The first kappa shape index (κ1) is 16.1. The zero-order valence-corrected chi connectivity index (χ0v) is 15.4. The highest BCUT2D eigenvalue weighted by molar-refractivity contribution is 5.87. The maximum atomic E-state index is 5.31. The summed E-state index contributed by atoms with van der Waals surface area (Å²) in [6, 6.07) is 11.0. The van der Waals surface area contributed by atoms with E-state index < -0.39 is 0 Å². The topological polar surface area (TPSA) is 42.2 Å². The van der Waals surface area contributed by atoms with Crippen molar-refractivity contribution in [2.45, 2.75) is 52.5 Å². The minimum Gasteiger partial charge on any atom is -0.361 e. The summed E-state index contributed by atoms with van der Waals surface area (Å²) in [5.41, 5.74) is 4.75. The normalized spacial score (nSPS) is 17.8. The van der Waals surface area contributed by atoms with Gasteiger partial charge in [0.2, 0.25) is 0 Å². The number of para-hydroxylation sites is 1. The fraction of sp³-hybridized carbons (Fsp3) is 0.429. The molecule has 0 amide bonds. The van der Waals surface area contributed by atoms with Crippen molar-refractivity contribution >= 4 is 16.7 Å². The molecule has 4 nitrogen and oxygen atoms in total. The molecule has 2 aromatic heterocycles. The lowest BCUT2D eigenvalue weighted by molar-refractivity contribution is 0.385. The second kappa shape index (κ2) is 6.17. The van der Waals surface area contributed by atoms with Crippen molar-refractivity contribution < 1.29 is 4.52 Å². The largest absolute Gasteiger partial charge is 0.361 e. The Balaban J connectivity index is 1.82. The van der Waals surface area contributed by atoms with Gasteiger partial charge in [-0.25, -0.2) is 4.98 Å². The molecule has 4 heteroatoms. The van der Waals surface area contributed by atoms with Crippen LogP contribution in [0.5, 0.6) is 0 Å². The molecule has 0 radical (unpaired) electrons. The lowest BCUT2D eigenvalue weighted by atomic mass is 9.98. The van der Waals surface area contributed by atoms with E-state index in [4.69, 9.17) is 9.51 Å². The Kier molecular flexibility index (Phi) is 3.98. The molecule has 0 spiro atoms. The van der Waals surface area contributed by atoms with Gasteiger partial charge in [0.25, 0.3) is 0 Å². The standard InChI is InChI=1S/C21H25N3O/c1-13(2)16-7-5-8-17-14(3)11-20(22-21(16)17)24-10-6-9-19(24)18-12-15(4)25-23-18/h5,7-8,11-13,19H,6,9-10H2,1-4H3/t19-/m1/s1. The Morgan fingerprint density at radius 2 is 2.04 bits per heavy atom. The Morgan fingerprint density at radius 3 is 2.76 bits per heavy atom. The number of nitrogens with zero attached hydrogens (tertiary/aromatic N) is 3. The number of fused-ring (bicyclic) bond motifs is 1. The monoisotopic (exact) mass is 335 g/mol. The van der Waals surface area contributed by atoms with E-state index in [0.717, 1.165) is 42.2 Å². The minimum absolute atomic E-state index is 0.257. The van der Waals surface area contributed by atoms with Crippen LogP contribution in [0.3, 0.4) is 0 Å². The summed E-state index contributed by atoms with van der Waals surface area (Å²) in [5.74, 6) is 2.38. The third-order valence-corrected chi connectivity index (χ3v) is 5.22. The third kappa shape index (κ3) is 2.80. The van der Waals surface area contributed by atoms with E-state index in [1.165, 1.54) is 16.5 Å². The number of anilines is 1. The molecule has 3 aromatic rings. The minimum atomic E-state index is 0.257. The number of benzene rings is 1. The molecule has 0 unspecified atom stereocenters. The molecule has 0 bridgehead atoms. The Hall–Kier alpha value is -2.36. The van der Waals surface area contributed by atoms with Gasteiger partial charge in [-0.15, -0.1) is 0 Å². The summed E-state index contributed by atoms with van der Waals surface area (Å²) in [6.07, 6.45) is 2.25. The second-order valence-electron chi connectivity index (χ2n) is 7.41. The van der Waals surface area contributed by atoms with Crippen LogP contribution in [0.4, 0.5) is 5.82 Å². The lowest BCUT2D eigenvalue weighted by Crippen LogP contribution is -2.24. The summed E-state index contributed by atoms with van der Waals surface area (Å²) in [6.45, 7) is 9.61. The molecule has 1 aliphatic rings. The van der Waals surface area contributed by atoms with Crippen LogP contribution >= 0.6 is 0 Å². The van der Waals surface area contributed by atoms with Crippen LogP contribution in [0.15, 0.2) is 34.9 Å². The van der Waals surface area contributed by atoms with Crippen molar-refractivity contribution in [1.29, 1.82) is 0 Å². The molecule has 1 atom stereocenters. The van der Waals surface area contributed by atoms with Crippen LogP contribution in [0.2, 0.25) is 0 Å². The SMILES string of the molecule is Cc1cc([C@H]2CCCN2c2cc(C)c3cccc(C(C)C)c3n2)no1. The van der Waals surface area contributed by atoms with E-state index in [1.807, 2.05) is 6.92 Å². The highest BCUT2D eigenvalue weighted by Crippen LogP contribution is 2.37. The van der Waals surface area contributed by atoms with Gasteiger partial charge in [0.15, 0.2) is 0 Å². The predicted molar refractivity (Wildman–Crippen MR) is 101 cm³/mol. The molecule has 1 aromatic carbocycles. The van der Waals surface area contributed by atoms with Crippen LogP contribution in [-0.4, -0.2) is 16.7 Å². The number of pyridine rings is 1. The number of aromatic nitrogens is 2. The van der Waals surface area contributed by atoms with Crippen molar-refractivity contribution in [3.05, 3.63) is 52.9 Å². The zero-order valence-electron chi connectivity index (χ0n) is 15.4. The van der Waals surface area contributed by atoms with E-state index in [-0.39, 0.29) is 6.04 Å². The first-order valence-electron chi connectivity index (χ1n) is 9.14. The van der Waals surface area contributed by atoms with E-state index in [9.17, 15) is 0 Å². The van der Waals surface area contributed by atoms with Crippen LogP contribution < -0.4 is 4.90 Å². The summed E-state index contributed by atoms with van der Waals surface area (Å²) < 4.78 is 5.31. The average Bonchev–Trinajstić information content (AvgIpc) is 3.22. The van der Waals surface area contributed by atoms with E-state index in [1.54, 1.807) is 0 Å². The highest BCUT2D eigenvalue weighted by atomic mass is 16.5. The maximum absolute atomic E-state index is 5.31. The molecular weight excluding hydrogens is 310 g/mol. The van der Waals surface area contributed by atoms with Crippen LogP contribution in [0.25, 0.3) is 10.9 Å². The van der Waals surface area contributed by atoms with Crippen molar-refractivity contribution in [2.75, 3.05) is 11.4 Å². The molecule has 0 aliphatic carbocycles. The molecule has 1 fully saturated rings. The maximum Gasteiger partial charge on any atom is 0.134 e. The molecule has 4 rings (SSSR count). The van der Waals surface area contributed by atoms with Gasteiger partial charge in [-0.1, -0.05) is 37.2 Å². The Bertz CT molecular complexity index is 913. The number of hydrogen-bond donors (Lipinski definition) is 0. The third-order valence-electron chi connectivity index (χ3n) is 5.22. The Morgan fingerprint density at radius 1 is 1.20 bits per heavy atom. The van der Waals surface area contributed by atoms with Gasteiger partial charge in [0.05, 0.1) is 11.6 Å². The highest BCUT2D eigenvalue weighted by Gasteiger charge is 2.30. The first-order valence-corrected chi connectivity index (χ1v) is 9.14. The fourth-order valence-corrected chi connectivity index (χ4v) is 3.93. The molecule has 0 saturated carbocycles. The van der Waals surface area contributed by atoms with Gasteiger partial charge >= 0.3 is 0 Å². The molecule has 1 aliphatic heterocycles. The molecular formula is C21H25N3O. The average molecular weight is 335 g/mol. The summed E-state index contributed by atoms with van der Waals surface area (Å²) >= 11 is 0. The number of aryl methyl sites for hydroxylation is 2. The second-order valence-corrected chi connectivity index (χ2v) is 7.41. The van der Waals surface area contributed by atoms with Gasteiger partial charge in [0.1, 0.15) is 17.3 Å². The van der Waals surface area contributed by atoms with Crippen LogP contribution in [0, 0.1) is 13.8 Å². The summed E-state index contributed by atoms with van der Waals surface area (Å²) in [5, 5.41) is 5.51. The summed E-state index contributed by atoms with van der Waals surface area (Å²) in [7, 11) is 0. The predicted octanol–water partition coefficient (Wildman–Crippen LogP) is 5.30. The van der Waals surface area contributed by atoms with Crippen LogP contribution in [-0.2, 0) is 0 Å². The smallest absolute Gasteiger partial charge is 0.134 e. The quantitative estimate of drug-likeness (QED) is 0.651. The fourth-order valence-electron chi connectivity index (χ4n) is 3.93. The Labute approximate surface area is 148 Å². The van der Waals surface area contributed by atoms with Gasteiger partial charge in [-0.3, -0.25) is 0 Å². The van der Waals surface area contributed by atoms with Gasteiger partial charge in [-0.2, -0.15) is 0 Å². The van der Waals surface area contributed by atoms with E-state index >= 15 is 0 Å². The van der Waals surface area contributed by atoms with Crippen molar-refractivity contribution in [3.8, 4) is 0 Å². The van der Waals surface area contributed by atoms with Gasteiger partial charge in [0, 0.05) is 18.0 Å². The van der Waals surface area contributed by atoms with E-state index in [0.29, 0.717) is 5.92 Å². The molecule has 1 saturated heterocycles. The lowest BCUT2D eigenvalue weighted by Gasteiger charge is -2.25. The number of rotatable bonds is 3. The number of hydrogen-bond acceptors (Lipinski definition) is 4. The van der Waals surface area contributed by atoms with Gasteiger partial charge in [-0.05, 0) is 49.8 Å². The summed E-state index contributed by atoms with van der Waals surface area (Å²) in [4.78, 5) is 7.48. The van der Waals surface area contributed by atoms with Crippen molar-refractivity contribution in [3.63, 3.8) is 0 Å². The van der Waals surface area contributed by atoms with Gasteiger partial charge < -0.3 is 9.42 Å². The van der Waals surface area contributed by atoms with E-state index in [2.05, 4.69) is 61.2 Å².